The number of carboxylic acids is 1. The fourth-order valence-corrected chi connectivity index (χ4v) is 3.27. The smallest absolute Gasteiger partial charge is 0.354 e. The molecule has 1 heterocycles. The molecule has 0 radical (unpaired) electrons. The predicted octanol–water partition coefficient (Wildman–Crippen LogP) is 2.38. The maximum atomic E-state index is 10.8. The Morgan fingerprint density at radius 2 is 2.29 bits per heavy atom. The summed E-state index contributed by atoms with van der Waals surface area (Å²) in [4.78, 5) is 14.6. The normalized spacial score (nSPS) is 30.5. The molecule has 1 aromatic heterocycles. The topological polar surface area (TPSA) is 62.2 Å². The Labute approximate surface area is 100 Å². The van der Waals surface area contributed by atoms with Crippen molar-refractivity contribution in [1.29, 1.82) is 0 Å². The van der Waals surface area contributed by atoms with Crippen LogP contribution in [-0.4, -0.2) is 22.1 Å². The predicted molar refractivity (Wildman–Crippen MR) is 64.1 cm³/mol. The van der Waals surface area contributed by atoms with Gasteiger partial charge in [0.15, 0.2) is 0 Å². The molecular formula is C13H16N2O2. The monoisotopic (exact) mass is 232 g/mol. The lowest BCUT2D eigenvalue weighted by molar-refractivity contribution is 0.0690. The third-order valence-corrected chi connectivity index (χ3v) is 4.07. The van der Waals surface area contributed by atoms with Gasteiger partial charge in [0, 0.05) is 17.9 Å². The van der Waals surface area contributed by atoms with E-state index in [1.54, 1.807) is 12.3 Å². The highest BCUT2D eigenvalue weighted by Gasteiger charge is 2.39. The van der Waals surface area contributed by atoms with Gasteiger partial charge in [0.2, 0.25) is 0 Å². The van der Waals surface area contributed by atoms with Gasteiger partial charge in [-0.25, -0.2) is 9.78 Å². The van der Waals surface area contributed by atoms with Crippen molar-refractivity contribution in [3.8, 4) is 0 Å². The lowest BCUT2D eigenvalue weighted by atomic mass is 9.95. The highest BCUT2D eigenvalue weighted by molar-refractivity contribution is 5.86. The minimum Gasteiger partial charge on any atom is -0.477 e. The quantitative estimate of drug-likeness (QED) is 0.840. The van der Waals surface area contributed by atoms with Crippen LogP contribution in [-0.2, 0) is 0 Å². The van der Waals surface area contributed by atoms with Crippen LogP contribution in [0.2, 0.25) is 0 Å². The summed E-state index contributed by atoms with van der Waals surface area (Å²) in [5.41, 5.74) is 0.994. The molecule has 2 bridgehead atoms. The maximum Gasteiger partial charge on any atom is 0.354 e. The summed E-state index contributed by atoms with van der Waals surface area (Å²) in [6, 6.07) is 3.99. The number of anilines is 1. The first kappa shape index (κ1) is 10.6. The van der Waals surface area contributed by atoms with E-state index in [0.29, 0.717) is 6.04 Å². The van der Waals surface area contributed by atoms with Crippen molar-refractivity contribution >= 4 is 11.7 Å². The molecule has 4 heteroatoms. The van der Waals surface area contributed by atoms with E-state index >= 15 is 0 Å². The van der Waals surface area contributed by atoms with Crippen molar-refractivity contribution in [2.45, 2.75) is 31.7 Å². The van der Waals surface area contributed by atoms with E-state index in [-0.39, 0.29) is 5.69 Å². The van der Waals surface area contributed by atoms with E-state index in [2.05, 4.69) is 10.3 Å². The van der Waals surface area contributed by atoms with Crippen LogP contribution in [0.4, 0.5) is 5.69 Å². The van der Waals surface area contributed by atoms with E-state index < -0.39 is 5.97 Å². The summed E-state index contributed by atoms with van der Waals surface area (Å²) in [5.74, 6) is 0.696. The number of fused-ring (bicyclic) bond motifs is 2. The molecule has 2 saturated carbocycles. The molecule has 17 heavy (non-hydrogen) atoms. The van der Waals surface area contributed by atoms with Crippen LogP contribution in [0.25, 0.3) is 0 Å². The lowest BCUT2D eigenvalue weighted by Crippen LogP contribution is -2.25. The van der Waals surface area contributed by atoms with Crippen molar-refractivity contribution in [2.24, 2.45) is 11.8 Å². The number of aromatic carboxylic acids is 1. The number of carboxylic acid groups (broad SMARTS) is 1. The zero-order chi connectivity index (χ0) is 11.8. The molecule has 2 aliphatic carbocycles. The van der Waals surface area contributed by atoms with Gasteiger partial charge in [0.05, 0.1) is 0 Å². The van der Waals surface area contributed by atoms with Crippen molar-refractivity contribution < 1.29 is 9.90 Å². The van der Waals surface area contributed by atoms with Crippen LogP contribution in [0, 0.1) is 11.8 Å². The van der Waals surface area contributed by atoms with Gasteiger partial charge in [-0.1, -0.05) is 6.42 Å². The molecule has 3 rings (SSSR count). The number of pyridine rings is 1. The van der Waals surface area contributed by atoms with Crippen LogP contribution in [0.3, 0.4) is 0 Å². The summed E-state index contributed by atoms with van der Waals surface area (Å²) < 4.78 is 0. The van der Waals surface area contributed by atoms with Crippen LogP contribution < -0.4 is 5.32 Å². The number of hydrogen-bond acceptors (Lipinski definition) is 3. The zero-order valence-corrected chi connectivity index (χ0v) is 9.60. The van der Waals surface area contributed by atoms with Gasteiger partial charge in [0.25, 0.3) is 0 Å². The van der Waals surface area contributed by atoms with Gasteiger partial charge in [-0.3, -0.25) is 0 Å². The Morgan fingerprint density at radius 3 is 2.94 bits per heavy atom. The van der Waals surface area contributed by atoms with Crippen molar-refractivity contribution in [2.75, 3.05) is 5.32 Å². The number of aromatic nitrogens is 1. The standard InChI is InChI=1S/C13H16N2O2/c16-13(17)12-7-10(3-4-14-12)15-11-6-8-1-2-9(11)5-8/h3-4,7-9,11H,1-2,5-6H2,(H,14,15)(H,16,17). The number of nitrogens with one attached hydrogen (secondary N) is 1. The summed E-state index contributed by atoms with van der Waals surface area (Å²) in [6.07, 6.45) is 6.82. The minimum absolute atomic E-state index is 0.109. The molecule has 1 aromatic rings. The summed E-state index contributed by atoms with van der Waals surface area (Å²) in [6.45, 7) is 0. The van der Waals surface area contributed by atoms with Gasteiger partial charge >= 0.3 is 5.97 Å². The second kappa shape index (κ2) is 4.02. The van der Waals surface area contributed by atoms with Crippen molar-refractivity contribution in [3.63, 3.8) is 0 Å². The molecule has 90 valence electrons. The average Bonchev–Trinajstić information content (AvgIpc) is 2.91. The number of nitrogens with zero attached hydrogens (tertiary/aromatic N) is 1. The summed E-state index contributed by atoms with van der Waals surface area (Å²) in [5, 5.41) is 12.3. The van der Waals surface area contributed by atoms with Crippen molar-refractivity contribution in [1.82, 2.24) is 4.98 Å². The average molecular weight is 232 g/mol. The molecule has 2 fully saturated rings. The SMILES string of the molecule is O=C(O)c1cc(NC2CC3CCC2C3)ccn1. The number of carbonyl (C=O) groups is 1. The van der Waals surface area contributed by atoms with Gasteiger partial charge < -0.3 is 10.4 Å². The molecule has 0 spiro atoms. The van der Waals surface area contributed by atoms with E-state index in [9.17, 15) is 4.79 Å². The van der Waals surface area contributed by atoms with E-state index in [4.69, 9.17) is 5.11 Å². The second-order valence-corrected chi connectivity index (χ2v) is 5.16. The molecule has 2 N–H and O–H groups in total. The molecular weight excluding hydrogens is 216 g/mol. The Morgan fingerprint density at radius 1 is 1.41 bits per heavy atom. The van der Waals surface area contributed by atoms with E-state index in [0.717, 1.165) is 17.5 Å². The zero-order valence-electron chi connectivity index (χ0n) is 9.60. The molecule has 3 unspecified atom stereocenters. The summed E-state index contributed by atoms with van der Waals surface area (Å²) in [7, 11) is 0. The van der Waals surface area contributed by atoms with Crippen LogP contribution in [0.5, 0.6) is 0 Å². The van der Waals surface area contributed by atoms with Gasteiger partial charge in [-0.2, -0.15) is 0 Å². The van der Waals surface area contributed by atoms with Crippen LogP contribution in [0.1, 0.15) is 36.2 Å². The highest BCUT2D eigenvalue weighted by Crippen LogP contribution is 2.45. The first-order chi connectivity index (χ1) is 8.22. The Bertz CT molecular complexity index is 447. The van der Waals surface area contributed by atoms with Crippen LogP contribution in [0.15, 0.2) is 18.3 Å². The first-order valence-electron chi connectivity index (χ1n) is 6.18. The maximum absolute atomic E-state index is 10.8. The number of rotatable bonds is 3. The summed E-state index contributed by atoms with van der Waals surface area (Å²) >= 11 is 0. The third-order valence-electron chi connectivity index (χ3n) is 4.07. The first-order valence-corrected chi connectivity index (χ1v) is 6.18. The van der Waals surface area contributed by atoms with Gasteiger partial charge in [0.1, 0.15) is 5.69 Å². The third kappa shape index (κ3) is 1.99. The van der Waals surface area contributed by atoms with Crippen molar-refractivity contribution in [3.05, 3.63) is 24.0 Å². The fourth-order valence-electron chi connectivity index (χ4n) is 3.27. The van der Waals surface area contributed by atoms with Crippen LogP contribution >= 0.6 is 0 Å². The van der Waals surface area contributed by atoms with Gasteiger partial charge in [-0.05, 0) is 43.2 Å². The Balaban J connectivity index is 1.73. The van der Waals surface area contributed by atoms with E-state index in [1.165, 1.54) is 25.7 Å². The van der Waals surface area contributed by atoms with Gasteiger partial charge in [-0.15, -0.1) is 0 Å². The molecule has 0 amide bonds. The largest absolute Gasteiger partial charge is 0.477 e. The highest BCUT2D eigenvalue weighted by atomic mass is 16.4. The minimum atomic E-state index is -0.971. The molecule has 0 saturated heterocycles. The molecule has 0 aliphatic heterocycles. The fraction of sp³-hybridized carbons (Fsp3) is 0.538. The number of hydrogen-bond donors (Lipinski definition) is 2. The lowest BCUT2D eigenvalue weighted by Gasteiger charge is -2.24. The Kier molecular flexibility index (Phi) is 2.50. The molecule has 3 atom stereocenters. The second-order valence-electron chi connectivity index (χ2n) is 5.16. The molecule has 0 aromatic carbocycles. The van der Waals surface area contributed by atoms with E-state index in [1.807, 2.05) is 6.07 Å². The Hall–Kier alpha value is -1.58. The molecule has 4 nitrogen and oxygen atoms in total. The molecule has 2 aliphatic rings.